The number of hydrogen-bond acceptors (Lipinski definition) is 8. The van der Waals surface area contributed by atoms with Crippen molar-refractivity contribution in [2.24, 2.45) is 0 Å². The van der Waals surface area contributed by atoms with E-state index in [-0.39, 0.29) is 11.8 Å². The highest BCUT2D eigenvalue weighted by atomic mass is 32.1. The molecule has 3 heterocycles. The summed E-state index contributed by atoms with van der Waals surface area (Å²) in [6.07, 6.45) is 7.84. The maximum absolute atomic E-state index is 11.6. The quantitative estimate of drug-likeness (QED) is 0.141. The van der Waals surface area contributed by atoms with Crippen molar-refractivity contribution in [2.75, 3.05) is 39.4 Å². The second kappa shape index (κ2) is 17.3. The molecule has 0 bridgehead atoms. The average Bonchev–Trinajstić information content (AvgIpc) is 3.96. The van der Waals surface area contributed by atoms with Gasteiger partial charge < -0.3 is 29.3 Å². The number of amides is 1. The van der Waals surface area contributed by atoms with Gasteiger partial charge in [0.15, 0.2) is 0 Å². The number of aromatic hydroxyl groups is 1. The summed E-state index contributed by atoms with van der Waals surface area (Å²) in [5.41, 5.74) is 3.71. The van der Waals surface area contributed by atoms with E-state index in [0.29, 0.717) is 25.9 Å². The monoisotopic (exact) mass is 720 g/mol. The number of thiophene rings is 1. The van der Waals surface area contributed by atoms with Gasteiger partial charge in [-0.05, 0) is 115 Å². The number of aliphatic hydroxyl groups excluding tert-OH is 1. The van der Waals surface area contributed by atoms with Crippen LogP contribution in [0.1, 0.15) is 67.7 Å². The van der Waals surface area contributed by atoms with Crippen LogP contribution in [-0.2, 0) is 11.3 Å². The molecule has 1 atom stereocenters. The van der Waals surface area contributed by atoms with Gasteiger partial charge in [0.25, 0.3) is 0 Å². The van der Waals surface area contributed by atoms with Crippen LogP contribution < -0.4 is 9.47 Å². The summed E-state index contributed by atoms with van der Waals surface area (Å²) in [6, 6.07) is 31.5. The summed E-state index contributed by atoms with van der Waals surface area (Å²) in [7, 11) is 0. The number of carbonyl (C=O) groups excluding carboxylic acids is 1. The molecule has 8 rings (SSSR count). The lowest BCUT2D eigenvalue weighted by Gasteiger charge is -2.28. The van der Waals surface area contributed by atoms with E-state index in [1.165, 1.54) is 58.0 Å². The van der Waals surface area contributed by atoms with Crippen molar-refractivity contribution in [1.82, 2.24) is 9.80 Å². The third-order valence-electron chi connectivity index (χ3n) is 10.2. The minimum Gasteiger partial charge on any atom is -0.508 e. The second-order valence-electron chi connectivity index (χ2n) is 13.8. The fraction of sp³-hybridized carbons (Fsp3) is 0.372. The molecule has 8 nitrogen and oxygen atoms in total. The number of likely N-dealkylation sites (tertiary alicyclic amines) is 1. The zero-order valence-corrected chi connectivity index (χ0v) is 30.4. The number of nitrogens with zero attached hydrogens (tertiary/aromatic N) is 2. The van der Waals surface area contributed by atoms with E-state index < -0.39 is 6.10 Å². The van der Waals surface area contributed by atoms with Gasteiger partial charge in [0, 0.05) is 27.7 Å². The molecule has 3 aliphatic rings. The number of aliphatic hydroxyl groups is 1. The van der Waals surface area contributed by atoms with E-state index in [0.717, 1.165) is 61.8 Å². The number of ether oxygens (including phenoxy) is 3. The molecule has 5 aromatic rings. The lowest BCUT2D eigenvalue weighted by atomic mass is 9.94. The maximum Gasteiger partial charge on any atom is 0.410 e. The Morgan fingerprint density at radius 3 is 2.25 bits per heavy atom. The molecule has 1 saturated carbocycles. The van der Waals surface area contributed by atoms with E-state index >= 15 is 0 Å². The van der Waals surface area contributed by atoms with Gasteiger partial charge in [-0.15, -0.1) is 11.3 Å². The molecule has 2 aliphatic heterocycles. The molecular weight excluding hydrogens is 673 g/mol. The molecule has 1 unspecified atom stereocenters. The Morgan fingerprint density at radius 2 is 1.54 bits per heavy atom. The highest BCUT2D eigenvalue weighted by Crippen LogP contribution is 2.45. The number of rotatable bonds is 11. The van der Waals surface area contributed by atoms with Crippen molar-refractivity contribution >= 4 is 27.5 Å². The zero-order chi connectivity index (χ0) is 35.7. The summed E-state index contributed by atoms with van der Waals surface area (Å²) in [6.45, 7) is 5.86. The van der Waals surface area contributed by atoms with Crippen molar-refractivity contribution in [2.45, 2.75) is 63.7 Å². The van der Waals surface area contributed by atoms with E-state index in [2.05, 4.69) is 23.1 Å². The van der Waals surface area contributed by atoms with Crippen LogP contribution in [0.3, 0.4) is 0 Å². The molecule has 1 aromatic heterocycles. The Balaban J connectivity index is 0.000000295. The predicted octanol–water partition coefficient (Wildman–Crippen LogP) is 9.18. The van der Waals surface area contributed by atoms with E-state index in [1.807, 2.05) is 59.5 Å². The van der Waals surface area contributed by atoms with Gasteiger partial charge in [-0.1, -0.05) is 61.7 Å². The van der Waals surface area contributed by atoms with Gasteiger partial charge in [-0.3, -0.25) is 4.90 Å². The van der Waals surface area contributed by atoms with Crippen molar-refractivity contribution in [3.05, 3.63) is 114 Å². The third kappa shape index (κ3) is 8.89. The minimum atomic E-state index is -0.850. The first-order valence-corrected chi connectivity index (χ1v) is 19.4. The van der Waals surface area contributed by atoms with E-state index in [4.69, 9.17) is 14.2 Å². The maximum atomic E-state index is 11.6. The predicted molar refractivity (Wildman–Crippen MR) is 206 cm³/mol. The van der Waals surface area contributed by atoms with Crippen LogP contribution in [0.4, 0.5) is 4.79 Å². The molecule has 1 amide bonds. The summed E-state index contributed by atoms with van der Waals surface area (Å²) in [4.78, 5) is 16.5. The molecule has 9 heteroatoms. The molecule has 2 N–H and O–H groups in total. The smallest absolute Gasteiger partial charge is 0.410 e. The van der Waals surface area contributed by atoms with Crippen LogP contribution in [0.2, 0.25) is 0 Å². The molecule has 272 valence electrons. The van der Waals surface area contributed by atoms with Gasteiger partial charge in [0.2, 0.25) is 0 Å². The highest BCUT2D eigenvalue weighted by Gasteiger charge is 2.30. The topological polar surface area (TPSA) is 91.7 Å². The number of cyclic esters (lactones) is 1. The number of hydrogen-bond donors (Lipinski definition) is 2. The molecule has 52 heavy (non-hydrogen) atoms. The Bertz CT molecular complexity index is 1880. The summed E-state index contributed by atoms with van der Waals surface area (Å²) >= 11 is 1.64. The number of fused-ring (bicyclic) bond motifs is 1. The molecule has 3 fully saturated rings. The Kier molecular flexibility index (Phi) is 11.9. The van der Waals surface area contributed by atoms with Crippen LogP contribution in [-0.4, -0.2) is 71.5 Å². The lowest BCUT2D eigenvalue weighted by Crippen LogP contribution is -2.37. The first kappa shape index (κ1) is 35.8. The van der Waals surface area contributed by atoms with E-state index in [1.54, 1.807) is 35.6 Å². The normalized spacial score (nSPS) is 17.1. The first-order chi connectivity index (χ1) is 25.5. The van der Waals surface area contributed by atoms with Crippen LogP contribution in [0, 0.1) is 0 Å². The van der Waals surface area contributed by atoms with Gasteiger partial charge in [-0.25, -0.2) is 4.79 Å². The standard InChI is InChI=1S/C34H33NO4S.C9H15NO2/c36-27-12-8-25(9-13-27)33(37)32-30-17-16-29(39-23-24-6-2-1-3-7-24)22-31(30)40-34(32)26-10-14-28(15-11-26)38-21-20-35-18-4-5-19-35;11-9-10(6-7-12-9)8-4-2-1-3-5-8/h1-3,6-17,22,33,36-37H,4-5,18-21,23H2;8H,1-7H2. The van der Waals surface area contributed by atoms with Crippen molar-refractivity contribution < 1.29 is 29.2 Å². The van der Waals surface area contributed by atoms with Crippen molar-refractivity contribution in [1.29, 1.82) is 0 Å². The Morgan fingerprint density at radius 1 is 0.808 bits per heavy atom. The summed E-state index contributed by atoms with van der Waals surface area (Å²) in [5.74, 6) is 1.81. The van der Waals surface area contributed by atoms with Gasteiger partial charge >= 0.3 is 6.09 Å². The molecular formula is C43H48N2O6S. The summed E-state index contributed by atoms with van der Waals surface area (Å²) < 4.78 is 18.1. The Labute approximate surface area is 310 Å². The van der Waals surface area contributed by atoms with Crippen LogP contribution in [0.15, 0.2) is 97.1 Å². The largest absolute Gasteiger partial charge is 0.508 e. The third-order valence-corrected chi connectivity index (χ3v) is 11.4. The van der Waals surface area contributed by atoms with Crippen LogP contribution in [0.5, 0.6) is 17.2 Å². The number of phenolic OH excluding ortho intramolecular Hbond substituents is 1. The minimum absolute atomic E-state index is 0.0955. The van der Waals surface area contributed by atoms with Crippen LogP contribution in [0.25, 0.3) is 20.5 Å². The molecule has 1 aliphatic carbocycles. The molecule has 0 radical (unpaired) electrons. The number of benzene rings is 4. The van der Waals surface area contributed by atoms with Crippen molar-refractivity contribution in [3.8, 4) is 27.7 Å². The molecule has 4 aromatic carbocycles. The Hall–Kier alpha value is -4.57. The van der Waals surface area contributed by atoms with E-state index in [9.17, 15) is 15.0 Å². The SMILES string of the molecule is O=C1OCCN1C1CCCCC1.Oc1ccc(C(O)c2c(-c3ccc(OCCN4CCCC4)cc3)sc3cc(OCc4ccccc4)ccc23)cc1. The van der Waals surface area contributed by atoms with Gasteiger partial charge in [-0.2, -0.15) is 0 Å². The summed E-state index contributed by atoms with van der Waals surface area (Å²) in [5, 5.41) is 22.3. The van der Waals surface area contributed by atoms with Crippen molar-refractivity contribution in [3.63, 3.8) is 0 Å². The number of carbonyl (C=O) groups is 1. The van der Waals surface area contributed by atoms with Gasteiger partial charge in [0.05, 0.1) is 6.54 Å². The zero-order valence-electron chi connectivity index (χ0n) is 29.6. The van der Waals surface area contributed by atoms with Crippen LogP contribution >= 0.6 is 11.3 Å². The molecule has 0 spiro atoms. The average molecular weight is 721 g/mol. The fourth-order valence-electron chi connectivity index (χ4n) is 7.37. The fourth-order valence-corrected chi connectivity index (χ4v) is 8.64. The second-order valence-corrected chi connectivity index (χ2v) is 14.8. The molecule has 2 saturated heterocycles. The lowest BCUT2D eigenvalue weighted by molar-refractivity contribution is 0.139. The highest BCUT2D eigenvalue weighted by molar-refractivity contribution is 7.22. The first-order valence-electron chi connectivity index (χ1n) is 18.6. The van der Waals surface area contributed by atoms with Gasteiger partial charge in [0.1, 0.15) is 43.2 Å². The number of phenols is 1.